The highest BCUT2D eigenvalue weighted by Gasteiger charge is 2.46. The minimum atomic E-state index is -1.09. The number of nitrogens with zero attached hydrogens (tertiary/aromatic N) is 1. The molecule has 1 heterocycles. The molecule has 0 aromatic heterocycles. The van der Waals surface area contributed by atoms with Crippen molar-refractivity contribution in [1.29, 1.82) is 0 Å². The van der Waals surface area contributed by atoms with Crippen molar-refractivity contribution in [3.05, 3.63) is 33.8 Å². The first-order chi connectivity index (χ1) is 8.86. The van der Waals surface area contributed by atoms with E-state index in [9.17, 15) is 14.7 Å². The van der Waals surface area contributed by atoms with Crippen LogP contribution in [0.3, 0.4) is 0 Å². The first-order valence-corrected chi connectivity index (χ1v) is 6.97. The van der Waals surface area contributed by atoms with E-state index in [-0.39, 0.29) is 5.91 Å². The van der Waals surface area contributed by atoms with Gasteiger partial charge in [0.2, 0.25) is 0 Å². The fourth-order valence-electron chi connectivity index (χ4n) is 2.48. The monoisotopic (exact) mass is 325 g/mol. The van der Waals surface area contributed by atoms with Gasteiger partial charge in [-0.3, -0.25) is 4.79 Å². The molecule has 0 saturated carbocycles. The first-order valence-electron chi connectivity index (χ1n) is 6.18. The van der Waals surface area contributed by atoms with E-state index in [1.807, 2.05) is 19.1 Å². The molecule has 5 heteroatoms. The molecule has 0 radical (unpaired) electrons. The minimum Gasteiger partial charge on any atom is -0.480 e. The zero-order valence-corrected chi connectivity index (χ0v) is 12.5. The maximum Gasteiger partial charge on any atom is 0.329 e. The molecule has 1 amide bonds. The van der Waals surface area contributed by atoms with Crippen LogP contribution in [0.25, 0.3) is 0 Å². The van der Waals surface area contributed by atoms with Gasteiger partial charge in [-0.05, 0) is 44.4 Å². The summed E-state index contributed by atoms with van der Waals surface area (Å²) in [4.78, 5) is 25.5. The summed E-state index contributed by atoms with van der Waals surface area (Å²) in [6.07, 6.45) is 1.22. The summed E-state index contributed by atoms with van der Waals surface area (Å²) in [6, 6.07) is 5.47. The number of carbonyl (C=O) groups excluding carboxylic acids is 1. The fourth-order valence-corrected chi connectivity index (χ4v) is 2.84. The smallest absolute Gasteiger partial charge is 0.329 e. The van der Waals surface area contributed by atoms with Gasteiger partial charge in [0, 0.05) is 16.6 Å². The largest absolute Gasteiger partial charge is 0.480 e. The zero-order valence-electron chi connectivity index (χ0n) is 10.9. The lowest BCUT2D eigenvalue weighted by atomic mass is 9.98. The molecule has 1 aromatic carbocycles. The molecule has 1 fully saturated rings. The molecule has 0 aliphatic carbocycles. The highest BCUT2D eigenvalue weighted by molar-refractivity contribution is 9.10. The standard InChI is InChI=1S/C14H16BrNO3/c1-9-4-5-10(15)8-11(9)12(17)16-7-3-6-14(16,2)13(18)19/h4-5,8H,3,6-7H2,1-2H3,(H,18,19). The Bertz CT molecular complexity index is 543. The molecule has 0 bridgehead atoms. The third-order valence-electron chi connectivity index (χ3n) is 3.78. The van der Waals surface area contributed by atoms with Crippen molar-refractivity contribution in [2.24, 2.45) is 0 Å². The summed E-state index contributed by atoms with van der Waals surface area (Å²) in [5, 5.41) is 9.36. The number of halogens is 1. The Morgan fingerprint density at radius 2 is 2.11 bits per heavy atom. The Balaban J connectivity index is 2.39. The number of aliphatic carboxylic acids is 1. The predicted octanol–water partition coefficient (Wildman–Crippen LogP) is 2.84. The predicted molar refractivity (Wildman–Crippen MR) is 75.2 cm³/mol. The Hall–Kier alpha value is -1.36. The lowest BCUT2D eigenvalue weighted by Gasteiger charge is -2.31. The number of carbonyl (C=O) groups is 2. The number of likely N-dealkylation sites (tertiary alicyclic amines) is 1. The van der Waals surface area contributed by atoms with E-state index in [0.717, 1.165) is 16.5 Å². The van der Waals surface area contributed by atoms with Gasteiger partial charge in [0.25, 0.3) is 5.91 Å². The van der Waals surface area contributed by atoms with Crippen LogP contribution in [0.1, 0.15) is 35.7 Å². The van der Waals surface area contributed by atoms with E-state index in [0.29, 0.717) is 18.5 Å². The van der Waals surface area contributed by atoms with Crippen molar-refractivity contribution in [2.45, 2.75) is 32.2 Å². The average molecular weight is 326 g/mol. The number of carboxylic acids is 1. The third kappa shape index (κ3) is 2.39. The van der Waals surface area contributed by atoms with Gasteiger partial charge in [-0.2, -0.15) is 0 Å². The van der Waals surface area contributed by atoms with Crippen LogP contribution in [-0.2, 0) is 4.79 Å². The van der Waals surface area contributed by atoms with Crippen molar-refractivity contribution < 1.29 is 14.7 Å². The van der Waals surface area contributed by atoms with Crippen LogP contribution in [0.15, 0.2) is 22.7 Å². The lowest BCUT2D eigenvalue weighted by molar-refractivity contribution is -0.147. The van der Waals surface area contributed by atoms with Crippen LogP contribution in [-0.4, -0.2) is 34.0 Å². The van der Waals surface area contributed by atoms with E-state index >= 15 is 0 Å². The summed E-state index contributed by atoms with van der Waals surface area (Å²) >= 11 is 3.34. The number of hydrogen-bond donors (Lipinski definition) is 1. The second-order valence-electron chi connectivity index (χ2n) is 5.10. The number of hydrogen-bond acceptors (Lipinski definition) is 2. The highest BCUT2D eigenvalue weighted by Crippen LogP contribution is 2.31. The van der Waals surface area contributed by atoms with Gasteiger partial charge in [-0.1, -0.05) is 22.0 Å². The van der Waals surface area contributed by atoms with Gasteiger partial charge in [0.05, 0.1) is 0 Å². The molecule has 0 spiro atoms. The van der Waals surface area contributed by atoms with Gasteiger partial charge in [-0.25, -0.2) is 4.79 Å². The van der Waals surface area contributed by atoms with Crippen molar-refractivity contribution in [1.82, 2.24) is 4.90 Å². The quantitative estimate of drug-likeness (QED) is 0.909. The summed E-state index contributed by atoms with van der Waals surface area (Å²) in [5.41, 5.74) is 0.322. The van der Waals surface area contributed by atoms with Crippen LogP contribution in [0.2, 0.25) is 0 Å². The average Bonchev–Trinajstić information content (AvgIpc) is 2.75. The minimum absolute atomic E-state index is 0.207. The van der Waals surface area contributed by atoms with Gasteiger partial charge in [-0.15, -0.1) is 0 Å². The number of benzene rings is 1. The van der Waals surface area contributed by atoms with E-state index in [2.05, 4.69) is 15.9 Å². The Kier molecular flexibility index (Phi) is 3.67. The van der Waals surface area contributed by atoms with Gasteiger partial charge in [0.1, 0.15) is 5.54 Å². The maximum absolute atomic E-state index is 12.6. The van der Waals surface area contributed by atoms with Crippen molar-refractivity contribution in [3.63, 3.8) is 0 Å². The van der Waals surface area contributed by atoms with Crippen LogP contribution in [0.5, 0.6) is 0 Å². The van der Waals surface area contributed by atoms with Gasteiger partial charge in [0.15, 0.2) is 0 Å². The second kappa shape index (κ2) is 4.96. The summed E-state index contributed by atoms with van der Waals surface area (Å²) in [6.45, 7) is 3.97. The fraction of sp³-hybridized carbons (Fsp3) is 0.429. The molecule has 4 nitrogen and oxygen atoms in total. The topological polar surface area (TPSA) is 57.6 Å². The number of aryl methyl sites for hydroxylation is 1. The second-order valence-corrected chi connectivity index (χ2v) is 6.01. The van der Waals surface area contributed by atoms with Crippen molar-refractivity contribution in [2.75, 3.05) is 6.54 Å². The highest BCUT2D eigenvalue weighted by atomic mass is 79.9. The zero-order chi connectivity index (χ0) is 14.2. The molecule has 1 atom stereocenters. The summed E-state index contributed by atoms with van der Waals surface area (Å²) in [7, 11) is 0. The molecule has 2 rings (SSSR count). The Morgan fingerprint density at radius 3 is 2.74 bits per heavy atom. The molecule has 1 aromatic rings. The van der Waals surface area contributed by atoms with E-state index in [4.69, 9.17) is 0 Å². The first kappa shape index (κ1) is 14.1. The van der Waals surface area contributed by atoms with Gasteiger partial charge < -0.3 is 10.0 Å². The van der Waals surface area contributed by atoms with Gasteiger partial charge >= 0.3 is 5.97 Å². The SMILES string of the molecule is Cc1ccc(Br)cc1C(=O)N1CCCC1(C)C(=O)O. The molecule has 1 unspecified atom stereocenters. The number of rotatable bonds is 2. The maximum atomic E-state index is 12.6. The van der Waals surface area contributed by atoms with E-state index < -0.39 is 11.5 Å². The summed E-state index contributed by atoms with van der Waals surface area (Å²) in [5.74, 6) is -1.15. The van der Waals surface area contributed by atoms with E-state index in [1.165, 1.54) is 4.90 Å². The van der Waals surface area contributed by atoms with Crippen LogP contribution in [0.4, 0.5) is 0 Å². The molecule has 1 N–H and O–H groups in total. The molecule has 1 aliphatic heterocycles. The number of amides is 1. The molecule has 19 heavy (non-hydrogen) atoms. The molecule has 1 aliphatic rings. The lowest BCUT2D eigenvalue weighted by Crippen LogP contribution is -2.50. The van der Waals surface area contributed by atoms with E-state index in [1.54, 1.807) is 13.0 Å². The normalized spacial score (nSPS) is 22.6. The molecular formula is C14H16BrNO3. The Morgan fingerprint density at radius 1 is 1.42 bits per heavy atom. The number of carboxylic acid groups (broad SMARTS) is 1. The molecule has 102 valence electrons. The molecular weight excluding hydrogens is 310 g/mol. The molecule has 1 saturated heterocycles. The van der Waals surface area contributed by atoms with Crippen LogP contribution < -0.4 is 0 Å². The summed E-state index contributed by atoms with van der Waals surface area (Å²) < 4.78 is 0.817. The van der Waals surface area contributed by atoms with Crippen molar-refractivity contribution in [3.8, 4) is 0 Å². The Labute approximate surface area is 120 Å². The van der Waals surface area contributed by atoms with Crippen molar-refractivity contribution >= 4 is 27.8 Å². The van der Waals surface area contributed by atoms with Crippen LogP contribution >= 0.6 is 15.9 Å². The van der Waals surface area contributed by atoms with Crippen LogP contribution in [0, 0.1) is 6.92 Å². The third-order valence-corrected chi connectivity index (χ3v) is 4.27.